The van der Waals surface area contributed by atoms with Crippen LogP contribution in [0.15, 0.2) is 73.1 Å². The molecule has 1 amide bonds. The normalized spacial score (nSPS) is 18.1. The lowest BCUT2D eigenvalue weighted by molar-refractivity contribution is -0.133. The molecule has 4 heterocycles. The number of benzene rings is 2. The molecule has 0 saturated carbocycles. The molecule has 0 spiro atoms. The van der Waals surface area contributed by atoms with Gasteiger partial charge in [0.1, 0.15) is 5.65 Å². The zero-order valence-corrected chi connectivity index (χ0v) is 23.4. The quantitative estimate of drug-likeness (QED) is 0.312. The number of aromatic nitrogens is 2. The first-order valence-electron chi connectivity index (χ1n) is 12.7. The number of fused-ring (bicyclic) bond motifs is 1. The van der Waals surface area contributed by atoms with Gasteiger partial charge in [-0.2, -0.15) is 0 Å². The van der Waals surface area contributed by atoms with Crippen LogP contribution >= 0.6 is 36.4 Å². The topological polar surface area (TPSA) is 64.3 Å². The van der Waals surface area contributed by atoms with Crippen molar-refractivity contribution in [2.45, 2.75) is 24.8 Å². The van der Waals surface area contributed by atoms with E-state index in [4.69, 9.17) is 11.6 Å². The SMILES string of the molecule is Cl.Cl.O=C([C@@H](c1ccc(Cl)cc1)[C@@H]1CCCN1)N1CCN(c2c(-c3ccccc3)cnc3[nH]ccc23)CC1. The fourth-order valence-corrected chi connectivity index (χ4v) is 5.85. The maximum Gasteiger partial charge on any atom is 0.231 e. The fraction of sp³-hybridized carbons (Fsp3) is 0.310. The van der Waals surface area contributed by atoms with Gasteiger partial charge >= 0.3 is 0 Å². The molecule has 0 radical (unpaired) electrons. The largest absolute Gasteiger partial charge is 0.367 e. The van der Waals surface area contributed by atoms with Gasteiger partial charge < -0.3 is 20.1 Å². The number of nitrogens with zero attached hydrogens (tertiary/aromatic N) is 3. The first kappa shape index (κ1) is 28.2. The van der Waals surface area contributed by atoms with Gasteiger partial charge in [-0.05, 0) is 48.7 Å². The molecule has 2 aliphatic rings. The average molecular weight is 573 g/mol. The third-order valence-corrected chi connectivity index (χ3v) is 7.80. The number of nitrogens with one attached hydrogen (secondary N) is 2. The van der Waals surface area contributed by atoms with E-state index < -0.39 is 0 Å². The molecule has 2 aromatic carbocycles. The van der Waals surface area contributed by atoms with Crippen LogP contribution in [0.25, 0.3) is 22.2 Å². The maximum atomic E-state index is 13.9. The van der Waals surface area contributed by atoms with E-state index in [0.717, 1.165) is 60.2 Å². The minimum atomic E-state index is -0.187. The van der Waals surface area contributed by atoms with E-state index in [9.17, 15) is 4.79 Å². The van der Waals surface area contributed by atoms with Crippen molar-refractivity contribution in [2.75, 3.05) is 37.6 Å². The van der Waals surface area contributed by atoms with Gasteiger partial charge in [-0.1, -0.05) is 54.1 Å². The first-order valence-corrected chi connectivity index (χ1v) is 13.1. The number of anilines is 1. The Balaban J connectivity index is 0.00000168. The number of piperazine rings is 1. The number of H-pyrrole nitrogens is 1. The summed E-state index contributed by atoms with van der Waals surface area (Å²) in [5, 5.41) is 5.38. The van der Waals surface area contributed by atoms with Crippen molar-refractivity contribution in [1.29, 1.82) is 0 Å². The van der Waals surface area contributed by atoms with Crippen molar-refractivity contribution in [2.24, 2.45) is 0 Å². The molecule has 2 aliphatic heterocycles. The highest BCUT2D eigenvalue weighted by atomic mass is 35.5. The summed E-state index contributed by atoms with van der Waals surface area (Å²) in [6, 6.07) is 20.5. The zero-order valence-electron chi connectivity index (χ0n) is 21.0. The summed E-state index contributed by atoms with van der Waals surface area (Å²) in [5.41, 5.74) is 5.39. The minimum Gasteiger partial charge on any atom is -0.367 e. The molecule has 0 unspecified atom stereocenters. The molecule has 2 atom stereocenters. The molecule has 0 aliphatic carbocycles. The Bertz CT molecular complexity index is 1350. The molecule has 4 aromatic rings. The van der Waals surface area contributed by atoms with Gasteiger partial charge in [-0.25, -0.2) is 4.98 Å². The molecule has 6 rings (SSSR count). The summed E-state index contributed by atoms with van der Waals surface area (Å²) in [6.45, 7) is 3.91. The molecule has 9 heteroatoms. The summed E-state index contributed by atoms with van der Waals surface area (Å²) in [4.78, 5) is 26.3. The van der Waals surface area contributed by atoms with Crippen molar-refractivity contribution in [3.8, 4) is 11.1 Å². The van der Waals surface area contributed by atoms with E-state index >= 15 is 0 Å². The van der Waals surface area contributed by atoms with E-state index in [2.05, 4.69) is 50.5 Å². The second-order valence-corrected chi connectivity index (χ2v) is 10.1. The van der Waals surface area contributed by atoms with Crippen molar-refractivity contribution in [3.63, 3.8) is 0 Å². The third-order valence-electron chi connectivity index (χ3n) is 7.55. The second kappa shape index (κ2) is 12.4. The van der Waals surface area contributed by atoms with Gasteiger partial charge in [-0.3, -0.25) is 4.79 Å². The molecule has 200 valence electrons. The van der Waals surface area contributed by atoms with Gasteiger partial charge in [0, 0.05) is 60.6 Å². The molecule has 2 fully saturated rings. The van der Waals surface area contributed by atoms with E-state index in [1.54, 1.807) is 0 Å². The number of pyridine rings is 1. The van der Waals surface area contributed by atoms with Crippen LogP contribution in [-0.4, -0.2) is 59.5 Å². The van der Waals surface area contributed by atoms with Crippen LogP contribution in [0.1, 0.15) is 24.3 Å². The van der Waals surface area contributed by atoms with E-state index in [1.165, 1.54) is 5.69 Å². The number of hydrogen-bond acceptors (Lipinski definition) is 4. The first-order chi connectivity index (χ1) is 17.7. The molecule has 2 N–H and O–H groups in total. The zero-order chi connectivity index (χ0) is 24.5. The third kappa shape index (κ3) is 5.50. The Morgan fingerprint density at radius 3 is 2.39 bits per heavy atom. The lowest BCUT2D eigenvalue weighted by Crippen LogP contribution is -2.52. The second-order valence-electron chi connectivity index (χ2n) is 9.67. The van der Waals surface area contributed by atoms with Crippen molar-refractivity contribution < 1.29 is 4.79 Å². The van der Waals surface area contributed by atoms with Crippen LogP contribution in [0.4, 0.5) is 5.69 Å². The number of aromatic amines is 1. The monoisotopic (exact) mass is 571 g/mol. The van der Waals surface area contributed by atoms with Crippen LogP contribution in [0.5, 0.6) is 0 Å². The Hall–Kier alpha value is -2.77. The number of amides is 1. The highest BCUT2D eigenvalue weighted by molar-refractivity contribution is 6.30. The predicted octanol–water partition coefficient (Wildman–Crippen LogP) is 5.91. The number of carbonyl (C=O) groups excluding carboxylic acids is 1. The lowest BCUT2D eigenvalue weighted by Gasteiger charge is -2.39. The molecule has 2 saturated heterocycles. The highest BCUT2D eigenvalue weighted by Crippen LogP contribution is 2.37. The van der Waals surface area contributed by atoms with Crippen LogP contribution in [0, 0.1) is 0 Å². The smallest absolute Gasteiger partial charge is 0.231 e. The van der Waals surface area contributed by atoms with Gasteiger partial charge in [0.15, 0.2) is 0 Å². The highest BCUT2D eigenvalue weighted by Gasteiger charge is 2.36. The standard InChI is InChI=1S/C29H30ClN5O.2ClH/c30-22-10-8-21(9-11-22)26(25-7-4-13-31-25)29(36)35-17-15-34(16-18-35)27-23-12-14-32-28(23)33-19-24(27)20-5-2-1-3-6-20;;/h1-3,5-6,8-12,14,19,25-26,31H,4,7,13,15-18H2,(H,32,33);2*1H/t25-,26-;;/m0../s1. The number of halogens is 3. The van der Waals surface area contributed by atoms with Gasteiger partial charge in [-0.15, -0.1) is 24.8 Å². The van der Waals surface area contributed by atoms with Gasteiger partial charge in [0.2, 0.25) is 5.91 Å². The van der Waals surface area contributed by atoms with Gasteiger partial charge in [0.05, 0.1) is 11.6 Å². The maximum absolute atomic E-state index is 13.9. The molecule has 6 nitrogen and oxygen atoms in total. The summed E-state index contributed by atoms with van der Waals surface area (Å²) in [7, 11) is 0. The summed E-state index contributed by atoms with van der Waals surface area (Å²) in [5.74, 6) is 0.0228. The minimum absolute atomic E-state index is 0. The Morgan fingerprint density at radius 2 is 1.71 bits per heavy atom. The average Bonchev–Trinajstić information content (AvgIpc) is 3.63. The Morgan fingerprint density at radius 1 is 0.974 bits per heavy atom. The Kier molecular flexibility index (Phi) is 9.21. The van der Waals surface area contributed by atoms with Crippen molar-refractivity contribution >= 4 is 59.0 Å². The van der Waals surface area contributed by atoms with Gasteiger partial charge in [0.25, 0.3) is 0 Å². The van der Waals surface area contributed by atoms with Crippen LogP contribution in [0.3, 0.4) is 0 Å². The molecule has 38 heavy (non-hydrogen) atoms. The van der Waals surface area contributed by atoms with E-state index in [1.807, 2.05) is 47.6 Å². The summed E-state index contributed by atoms with van der Waals surface area (Å²) < 4.78 is 0. The lowest BCUT2D eigenvalue weighted by atomic mass is 9.89. The number of rotatable bonds is 5. The molecular weight excluding hydrogens is 541 g/mol. The molecule has 2 aromatic heterocycles. The fourth-order valence-electron chi connectivity index (χ4n) is 5.72. The van der Waals surface area contributed by atoms with Crippen LogP contribution in [0.2, 0.25) is 5.02 Å². The summed E-state index contributed by atoms with van der Waals surface area (Å²) in [6.07, 6.45) is 6.03. The van der Waals surface area contributed by atoms with Crippen molar-refractivity contribution in [1.82, 2.24) is 20.2 Å². The van der Waals surface area contributed by atoms with Crippen molar-refractivity contribution in [3.05, 3.63) is 83.6 Å². The van der Waals surface area contributed by atoms with Crippen LogP contribution in [-0.2, 0) is 4.79 Å². The molecule has 0 bridgehead atoms. The number of hydrogen-bond donors (Lipinski definition) is 2. The summed E-state index contributed by atoms with van der Waals surface area (Å²) >= 11 is 6.15. The molecular formula is C29H32Cl3N5O. The van der Waals surface area contributed by atoms with E-state index in [-0.39, 0.29) is 42.7 Å². The number of carbonyl (C=O) groups is 1. The predicted molar refractivity (Wildman–Crippen MR) is 160 cm³/mol. The Labute approximate surface area is 240 Å². The van der Waals surface area contributed by atoms with Crippen LogP contribution < -0.4 is 10.2 Å². The van der Waals surface area contributed by atoms with E-state index in [0.29, 0.717) is 18.1 Å².